The summed E-state index contributed by atoms with van der Waals surface area (Å²) >= 11 is 0. The predicted molar refractivity (Wildman–Crippen MR) is 177 cm³/mol. The molecule has 2 bridgehead atoms. The number of aliphatic hydroxyl groups is 1. The number of nitrogens with zero attached hydrogens (tertiary/aromatic N) is 1. The van der Waals surface area contributed by atoms with Crippen LogP contribution in [0.5, 0.6) is 11.5 Å². The average molecular weight is 602 g/mol. The Hall–Kier alpha value is -2.37. The van der Waals surface area contributed by atoms with Gasteiger partial charge in [0, 0.05) is 24.6 Å². The van der Waals surface area contributed by atoms with E-state index in [1.807, 2.05) is 6.07 Å². The largest absolute Gasteiger partial charge is 0.481 e. The quantitative estimate of drug-likeness (QED) is 0.0839. The van der Waals surface area contributed by atoms with Gasteiger partial charge in [-0.15, -0.1) is 0 Å². The first-order valence-electron chi connectivity index (χ1n) is 18.0. The van der Waals surface area contributed by atoms with Crippen LogP contribution < -0.4 is 9.47 Å². The molecule has 5 heteroatoms. The van der Waals surface area contributed by atoms with Gasteiger partial charge in [-0.3, -0.25) is 9.69 Å². The molecular weight excluding hydrogens is 546 g/mol. The molecule has 6 rings (SSSR count). The van der Waals surface area contributed by atoms with Crippen molar-refractivity contribution in [2.24, 2.45) is 5.92 Å². The summed E-state index contributed by atoms with van der Waals surface area (Å²) in [4.78, 5) is 15.5. The van der Waals surface area contributed by atoms with Crippen molar-refractivity contribution in [1.29, 1.82) is 0 Å². The summed E-state index contributed by atoms with van der Waals surface area (Å²) in [5.74, 6) is 1.82. The fraction of sp³-hybridized carbons (Fsp3) is 0.667. The molecule has 3 fully saturated rings. The molecule has 2 aliphatic heterocycles. The molecule has 2 saturated carbocycles. The minimum Gasteiger partial charge on any atom is -0.481 e. The summed E-state index contributed by atoms with van der Waals surface area (Å²) < 4.78 is 12.7. The molecule has 0 amide bonds. The zero-order valence-corrected chi connectivity index (χ0v) is 27.2. The van der Waals surface area contributed by atoms with Crippen LogP contribution in [0.25, 0.3) is 0 Å². The fourth-order valence-electron chi connectivity index (χ4n) is 8.72. The second kappa shape index (κ2) is 14.0. The highest BCUT2D eigenvalue weighted by molar-refractivity contribution is 5.75. The maximum absolute atomic E-state index is 12.9. The highest BCUT2D eigenvalue weighted by atomic mass is 16.6. The molecule has 2 heterocycles. The van der Waals surface area contributed by atoms with E-state index in [9.17, 15) is 9.90 Å². The third-order valence-corrected chi connectivity index (χ3v) is 11.3. The molecule has 1 unspecified atom stereocenters. The fourth-order valence-corrected chi connectivity index (χ4v) is 8.72. The number of carbonyl (C=O) groups excluding carboxylic acids is 1. The Bertz CT molecular complexity index is 1250. The lowest BCUT2D eigenvalue weighted by molar-refractivity contribution is -0.174. The van der Waals surface area contributed by atoms with Crippen molar-refractivity contribution in [3.63, 3.8) is 0 Å². The molecule has 1 spiro atoms. The van der Waals surface area contributed by atoms with E-state index in [1.165, 1.54) is 56.9 Å². The Morgan fingerprint density at radius 3 is 2.57 bits per heavy atom. The van der Waals surface area contributed by atoms with E-state index in [1.54, 1.807) is 0 Å². The summed E-state index contributed by atoms with van der Waals surface area (Å²) in [6.07, 6.45) is 27.9. The Kier molecular flexibility index (Phi) is 10.0. The van der Waals surface area contributed by atoms with Crippen molar-refractivity contribution in [1.82, 2.24) is 4.90 Å². The highest BCUT2D eigenvalue weighted by Crippen LogP contribution is 2.66. The number of piperidine rings is 1. The third kappa shape index (κ3) is 6.20. The molecule has 1 aromatic carbocycles. The normalized spacial score (nSPS) is 28.9. The molecule has 44 heavy (non-hydrogen) atoms. The Morgan fingerprint density at radius 2 is 1.80 bits per heavy atom. The van der Waals surface area contributed by atoms with Crippen LogP contribution in [0.1, 0.15) is 127 Å². The molecule has 4 atom stereocenters. The summed E-state index contributed by atoms with van der Waals surface area (Å²) in [7, 11) is 0. The standard InChI is InChI=1S/C39H55NO4/c1-3-4-5-6-7-8-9-10-11-12-13-14-15-16-17-18-34(41)43-32-22-21-31-27-33-39(42)24-23-29(2)37-38(39,35(31)36(32)44-37)25-26-40(33)28-30-19-20-30/h7-8,10-11,21-22,30,33,37,42H,2-6,9,12-20,23-28H2,1H3/b8-7-,11-10-/t33?,37-,38-,39+/m0/s1. The maximum atomic E-state index is 12.9. The number of carbonyl (C=O) groups is 1. The molecule has 1 N–H and O–H groups in total. The van der Waals surface area contributed by atoms with E-state index >= 15 is 0 Å². The van der Waals surface area contributed by atoms with Gasteiger partial charge in [-0.2, -0.15) is 0 Å². The molecule has 1 saturated heterocycles. The number of hydrogen-bond acceptors (Lipinski definition) is 5. The van der Waals surface area contributed by atoms with Crippen LogP contribution in [-0.2, 0) is 16.6 Å². The van der Waals surface area contributed by atoms with Crippen LogP contribution in [-0.4, -0.2) is 46.8 Å². The number of hydrogen-bond donors (Lipinski definition) is 1. The minimum absolute atomic E-state index is 0.112. The van der Waals surface area contributed by atoms with Crippen molar-refractivity contribution in [2.75, 3.05) is 13.1 Å². The van der Waals surface area contributed by atoms with Gasteiger partial charge in [-0.1, -0.05) is 76.0 Å². The zero-order valence-electron chi connectivity index (χ0n) is 27.2. The van der Waals surface area contributed by atoms with Crippen molar-refractivity contribution in [3.05, 3.63) is 59.7 Å². The molecule has 3 aliphatic carbocycles. The van der Waals surface area contributed by atoms with Crippen molar-refractivity contribution >= 4 is 5.97 Å². The summed E-state index contributed by atoms with van der Waals surface area (Å²) in [6, 6.07) is 4.18. The van der Waals surface area contributed by atoms with Crippen LogP contribution >= 0.6 is 0 Å². The van der Waals surface area contributed by atoms with Crippen LogP contribution in [0.2, 0.25) is 0 Å². The smallest absolute Gasteiger partial charge is 0.311 e. The van der Waals surface area contributed by atoms with E-state index < -0.39 is 11.0 Å². The predicted octanol–water partition coefficient (Wildman–Crippen LogP) is 8.53. The van der Waals surface area contributed by atoms with Gasteiger partial charge < -0.3 is 14.6 Å². The summed E-state index contributed by atoms with van der Waals surface area (Å²) in [6.45, 7) is 8.73. The molecule has 0 radical (unpaired) electrons. The first-order valence-corrected chi connectivity index (χ1v) is 18.0. The average Bonchev–Trinajstić information content (AvgIpc) is 3.76. The van der Waals surface area contributed by atoms with Gasteiger partial charge in [-0.05, 0) is 107 Å². The molecule has 1 aromatic rings. The van der Waals surface area contributed by atoms with Gasteiger partial charge >= 0.3 is 5.97 Å². The van der Waals surface area contributed by atoms with Crippen molar-refractivity contribution < 1.29 is 19.4 Å². The molecular formula is C39H55NO4. The molecule has 5 nitrogen and oxygen atoms in total. The van der Waals surface area contributed by atoms with E-state index in [0.29, 0.717) is 17.9 Å². The summed E-state index contributed by atoms with van der Waals surface area (Å²) in [5, 5.41) is 12.5. The summed E-state index contributed by atoms with van der Waals surface area (Å²) in [5.41, 5.74) is 2.10. The number of rotatable bonds is 17. The lowest BCUT2D eigenvalue weighted by atomic mass is 9.48. The molecule has 5 aliphatic rings. The van der Waals surface area contributed by atoms with Crippen molar-refractivity contribution in [3.8, 4) is 11.5 Å². The third-order valence-electron chi connectivity index (χ3n) is 11.3. The highest BCUT2D eigenvalue weighted by Gasteiger charge is 2.72. The van der Waals surface area contributed by atoms with Crippen LogP contribution in [0, 0.1) is 5.92 Å². The first-order chi connectivity index (χ1) is 21.5. The number of likely N-dealkylation sites (tertiary alicyclic amines) is 1. The number of unbranched alkanes of at least 4 members (excludes halogenated alkanes) is 8. The molecule has 0 aromatic heterocycles. The second-order valence-electron chi connectivity index (χ2n) is 14.3. The second-order valence-corrected chi connectivity index (χ2v) is 14.3. The monoisotopic (exact) mass is 601 g/mol. The van der Waals surface area contributed by atoms with E-state index in [0.717, 1.165) is 87.9 Å². The van der Waals surface area contributed by atoms with E-state index in [2.05, 4.69) is 48.8 Å². The minimum atomic E-state index is -0.840. The lowest BCUT2D eigenvalue weighted by Gasteiger charge is -2.63. The SMILES string of the molecule is C=C1CC[C@@]2(O)C3Cc4ccc(OC(=O)CCCCCCC/C=C\C/C=C\CCCCC)c5c4[C@@]2(CCN3CC2CC2)[C@H]1O5. The van der Waals surface area contributed by atoms with Gasteiger partial charge in [0.25, 0.3) is 0 Å². The van der Waals surface area contributed by atoms with Gasteiger partial charge in [0.2, 0.25) is 0 Å². The van der Waals surface area contributed by atoms with E-state index in [-0.39, 0.29) is 18.1 Å². The maximum Gasteiger partial charge on any atom is 0.311 e. The molecule has 240 valence electrons. The topological polar surface area (TPSA) is 59.0 Å². The van der Waals surface area contributed by atoms with Crippen LogP contribution in [0.3, 0.4) is 0 Å². The number of ether oxygens (including phenoxy) is 2. The van der Waals surface area contributed by atoms with E-state index in [4.69, 9.17) is 9.47 Å². The van der Waals surface area contributed by atoms with Gasteiger partial charge in [0.15, 0.2) is 11.5 Å². The Balaban J connectivity index is 0.985. The van der Waals surface area contributed by atoms with Crippen molar-refractivity contribution in [2.45, 2.75) is 146 Å². The number of esters is 1. The zero-order chi connectivity index (χ0) is 30.6. The first kappa shape index (κ1) is 31.6. The number of allylic oxidation sites excluding steroid dienone is 4. The van der Waals surface area contributed by atoms with Crippen LogP contribution in [0.4, 0.5) is 0 Å². The van der Waals surface area contributed by atoms with Gasteiger partial charge in [-0.25, -0.2) is 0 Å². The van der Waals surface area contributed by atoms with Gasteiger partial charge in [0.1, 0.15) is 6.10 Å². The number of benzene rings is 1. The van der Waals surface area contributed by atoms with Gasteiger partial charge in [0.05, 0.1) is 11.0 Å². The Labute approximate surface area is 265 Å². The lowest BCUT2D eigenvalue weighted by Crippen LogP contribution is -2.75. The Morgan fingerprint density at radius 1 is 1.05 bits per heavy atom. The van der Waals surface area contributed by atoms with Crippen LogP contribution in [0.15, 0.2) is 48.6 Å².